The summed E-state index contributed by atoms with van der Waals surface area (Å²) in [6, 6.07) is 27.2. The first-order valence-corrected chi connectivity index (χ1v) is 12.5. The lowest BCUT2D eigenvalue weighted by Crippen LogP contribution is -2.18. The van der Waals surface area contributed by atoms with Gasteiger partial charge in [0.2, 0.25) is 0 Å². The molecule has 1 N–H and O–H groups in total. The number of nitrogens with one attached hydrogen (secondary N) is 1. The molecule has 0 saturated carbocycles. The molecule has 8 nitrogen and oxygen atoms in total. The lowest BCUT2D eigenvalue weighted by atomic mass is 10.1. The molecule has 1 amide bonds. The Balaban J connectivity index is 1.45. The van der Waals surface area contributed by atoms with Crippen LogP contribution in [0, 0.1) is 13.8 Å². The molecule has 0 saturated heterocycles. The summed E-state index contributed by atoms with van der Waals surface area (Å²) in [5.41, 5.74) is 9.18. The summed E-state index contributed by atoms with van der Waals surface area (Å²) in [5, 5.41) is 9.11. The van der Waals surface area contributed by atoms with Gasteiger partial charge in [0.1, 0.15) is 5.69 Å². The van der Waals surface area contributed by atoms with Gasteiger partial charge in [-0.25, -0.2) is 10.1 Å². The first kappa shape index (κ1) is 25.5. The second kappa shape index (κ2) is 11.1. The summed E-state index contributed by atoms with van der Waals surface area (Å²) in [4.78, 5) is 13.1. The van der Waals surface area contributed by atoms with Gasteiger partial charge in [0.05, 0.1) is 31.7 Å². The van der Waals surface area contributed by atoms with Crippen LogP contribution in [-0.2, 0) is 0 Å². The van der Waals surface area contributed by atoms with Crippen LogP contribution in [0.15, 0.2) is 96.2 Å². The Bertz CT molecular complexity index is 1640. The number of hydrogen-bond donors (Lipinski definition) is 1. The maximum atomic E-state index is 13.1. The Labute approximate surface area is 227 Å². The molecule has 0 atom stereocenters. The predicted octanol–water partition coefficient (Wildman–Crippen LogP) is 5.73. The zero-order chi connectivity index (χ0) is 27.4. The maximum Gasteiger partial charge on any atom is 0.273 e. The molecule has 5 rings (SSSR count). The zero-order valence-electron chi connectivity index (χ0n) is 22.3. The first-order valence-electron chi connectivity index (χ1n) is 12.5. The van der Waals surface area contributed by atoms with E-state index in [0.29, 0.717) is 22.8 Å². The van der Waals surface area contributed by atoms with Gasteiger partial charge in [0.25, 0.3) is 5.91 Å². The number of amides is 1. The maximum absolute atomic E-state index is 13.1. The molecule has 2 heterocycles. The smallest absolute Gasteiger partial charge is 0.273 e. The molecule has 0 spiro atoms. The number of ether oxygens (including phenoxy) is 2. The number of aromatic nitrogens is 3. The molecule has 0 bridgehead atoms. The quantitative estimate of drug-likeness (QED) is 0.210. The monoisotopic (exact) mass is 519 g/mol. The summed E-state index contributed by atoms with van der Waals surface area (Å²) in [6.45, 7) is 3.91. The third-order valence-corrected chi connectivity index (χ3v) is 6.48. The van der Waals surface area contributed by atoms with Gasteiger partial charge in [0, 0.05) is 34.4 Å². The fourth-order valence-electron chi connectivity index (χ4n) is 4.59. The molecule has 0 aliphatic rings. The lowest BCUT2D eigenvalue weighted by molar-refractivity contribution is 0.0954. The van der Waals surface area contributed by atoms with E-state index in [1.165, 1.54) is 0 Å². The van der Waals surface area contributed by atoms with Crippen LogP contribution in [0.5, 0.6) is 11.5 Å². The molecule has 8 heteroatoms. The summed E-state index contributed by atoms with van der Waals surface area (Å²) in [7, 11) is 3.19. The highest BCUT2D eigenvalue weighted by Crippen LogP contribution is 2.33. The molecule has 0 unspecified atom stereocenters. The molecule has 0 aliphatic heterocycles. The van der Waals surface area contributed by atoms with Crippen molar-refractivity contribution in [2.24, 2.45) is 5.10 Å². The van der Waals surface area contributed by atoms with E-state index in [-0.39, 0.29) is 5.91 Å². The lowest BCUT2D eigenvalue weighted by Gasteiger charge is -2.09. The van der Waals surface area contributed by atoms with E-state index in [0.717, 1.165) is 33.9 Å². The summed E-state index contributed by atoms with van der Waals surface area (Å²) >= 11 is 0. The molecular weight excluding hydrogens is 490 g/mol. The highest BCUT2D eigenvalue weighted by molar-refractivity contribution is 5.97. The van der Waals surface area contributed by atoms with Gasteiger partial charge < -0.3 is 14.0 Å². The number of rotatable bonds is 8. The Hall–Kier alpha value is -5.11. The zero-order valence-corrected chi connectivity index (χ0v) is 22.3. The third kappa shape index (κ3) is 5.17. The standard InChI is InChI=1S/C31H29N5O3/c1-21-17-27(22(2)36(21)26-13-9-6-10-14-26)31(37)33-32-19-24-20-35(25-11-7-5-8-12-25)34-30(24)23-15-16-28(38-3)29(18-23)39-4/h5-20H,1-4H3,(H,33,37)/b32-19-. The van der Waals surface area contributed by atoms with E-state index in [2.05, 4.69) is 15.1 Å². The van der Waals surface area contributed by atoms with Crippen LogP contribution in [0.2, 0.25) is 0 Å². The number of benzene rings is 3. The number of aryl methyl sites for hydroxylation is 1. The summed E-state index contributed by atoms with van der Waals surface area (Å²) < 4.78 is 14.7. The van der Waals surface area contributed by atoms with Crippen LogP contribution in [0.1, 0.15) is 27.3 Å². The molecule has 2 aromatic heterocycles. The fraction of sp³-hybridized carbons (Fsp3) is 0.129. The topological polar surface area (TPSA) is 82.7 Å². The number of para-hydroxylation sites is 2. The second-order valence-electron chi connectivity index (χ2n) is 8.94. The van der Waals surface area contributed by atoms with Gasteiger partial charge >= 0.3 is 0 Å². The van der Waals surface area contributed by atoms with Crippen molar-refractivity contribution in [3.63, 3.8) is 0 Å². The van der Waals surface area contributed by atoms with Crippen molar-refractivity contribution >= 4 is 12.1 Å². The van der Waals surface area contributed by atoms with Crippen LogP contribution in [0.25, 0.3) is 22.6 Å². The van der Waals surface area contributed by atoms with Crippen molar-refractivity contribution in [2.75, 3.05) is 14.2 Å². The molecular formula is C31H29N5O3. The van der Waals surface area contributed by atoms with Crippen LogP contribution >= 0.6 is 0 Å². The van der Waals surface area contributed by atoms with Crippen LogP contribution in [-0.4, -0.2) is 40.7 Å². The van der Waals surface area contributed by atoms with Crippen molar-refractivity contribution in [3.05, 3.63) is 114 Å². The van der Waals surface area contributed by atoms with Gasteiger partial charge in [0.15, 0.2) is 11.5 Å². The second-order valence-corrected chi connectivity index (χ2v) is 8.94. The van der Waals surface area contributed by atoms with Crippen LogP contribution in [0.4, 0.5) is 0 Å². The number of hydrazone groups is 1. The Morgan fingerprint density at radius 2 is 1.54 bits per heavy atom. The molecule has 196 valence electrons. The molecule has 0 aliphatic carbocycles. The van der Waals surface area contributed by atoms with Crippen molar-refractivity contribution < 1.29 is 14.3 Å². The van der Waals surface area contributed by atoms with E-state index < -0.39 is 0 Å². The Morgan fingerprint density at radius 3 is 2.21 bits per heavy atom. The van der Waals surface area contributed by atoms with E-state index in [4.69, 9.17) is 14.6 Å². The van der Waals surface area contributed by atoms with Crippen molar-refractivity contribution in [2.45, 2.75) is 13.8 Å². The highest BCUT2D eigenvalue weighted by Gasteiger charge is 2.17. The largest absolute Gasteiger partial charge is 0.493 e. The summed E-state index contributed by atoms with van der Waals surface area (Å²) in [6.07, 6.45) is 3.48. The number of nitrogens with zero attached hydrogens (tertiary/aromatic N) is 4. The Morgan fingerprint density at radius 1 is 0.872 bits per heavy atom. The summed E-state index contributed by atoms with van der Waals surface area (Å²) in [5.74, 6) is 0.929. The van der Waals surface area contributed by atoms with E-state index in [1.807, 2.05) is 105 Å². The van der Waals surface area contributed by atoms with Gasteiger partial charge in [-0.15, -0.1) is 0 Å². The van der Waals surface area contributed by atoms with Crippen molar-refractivity contribution in [1.29, 1.82) is 0 Å². The van der Waals surface area contributed by atoms with E-state index in [1.54, 1.807) is 25.1 Å². The van der Waals surface area contributed by atoms with Gasteiger partial charge in [-0.3, -0.25) is 4.79 Å². The van der Waals surface area contributed by atoms with Gasteiger partial charge in [-0.1, -0.05) is 36.4 Å². The number of hydrogen-bond acceptors (Lipinski definition) is 5. The SMILES string of the molecule is COc1ccc(-c2nn(-c3ccccc3)cc2/C=N\NC(=O)c2cc(C)n(-c3ccccc3)c2C)cc1OC. The predicted molar refractivity (Wildman–Crippen MR) is 152 cm³/mol. The third-order valence-electron chi connectivity index (χ3n) is 6.48. The van der Waals surface area contributed by atoms with E-state index in [9.17, 15) is 4.79 Å². The minimum atomic E-state index is -0.287. The number of carbonyl (C=O) groups excluding carboxylic acids is 1. The molecule has 0 fully saturated rings. The first-order chi connectivity index (χ1) is 19.0. The minimum Gasteiger partial charge on any atom is -0.493 e. The molecule has 0 radical (unpaired) electrons. The van der Waals surface area contributed by atoms with Crippen molar-refractivity contribution in [1.82, 2.24) is 19.8 Å². The van der Waals surface area contributed by atoms with E-state index >= 15 is 0 Å². The van der Waals surface area contributed by atoms with Crippen LogP contribution < -0.4 is 14.9 Å². The molecule has 5 aromatic rings. The highest BCUT2D eigenvalue weighted by atomic mass is 16.5. The Kier molecular flexibility index (Phi) is 7.27. The minimum absolute atomic E-state index is 0.287. The molecule has 39 heavy (non-hydrogen) atoms. The average Bonchev–Trinajstić information content (AvgIpc) is 3.53. The fourth-order valence-corrected chi connectivity index (χ4v) is 4.59. The van der Waals surface area contributed by atoms with Crippen LogP contribution in [0.3, 0.4) is 0 Å². The number of methoxy groups -OCH3 is 2. The average molecular weight is 520 g/mol. The normalized spacial score (nSPS) is 11.1. The molecule has 3 aromatic carbocycles. The van der Waals surface area contributed by atoms with Gasteiger partial charge in [-0.2, -0.15) is 10.2 Å². The van der Waals surface area contributed by atoms with Gasteiger partial charge in [-0.05, 0) is 62.4 Å². The van der Waals surface area contributed by atoms with Crippen molar-refractivity contribution in [3.8, 4) is 34.1 Å². The number of carbonyl (C=O) groups is 1.